The van der Waals surface area contributed by atoms with E-state index in [4.69, 9.17) is 10.5 Å². The average Bonchev–Trinajstić information content (AvgIpc) is 1.77. The van der Waals surface area contributed by atoms with Gasteiger partial charge in [-0.05, 0) is 0 Å². The van der Waals surface area contributed by atoms with Gasteiger partial charge in [0.05, 0.1) is 18.9 Å². The molecule has 2 N–H and O–H groups in total. The molecule has 0 aliphatic carbocycles. The van der Waals surface area contributed by atoms with Crippen LogP contribution in [0.3, 0.4) is 0 Å². The van der Waals surface area contributed by atoms with Gasteiger partial charge in [0, 0.05) is 7.05 Å². The van der Waals surface area contributed by atoms with Crippen LogP contribution in [0.5, 0.6) is 0 Å². The summed E-state index contributed by atoms with van der Waals surface area (Å²) in [7, 11) is 1.51. The highest BCUT2D eigenvalue weighted by molar-refractivity contribution is 5.91. The van der Waals surface area contributed by atoms with Gasteiger partial charge in [0.1, 0.15) is 0 Å². The van der Waals surface area contributed by atoms with Crippen LogP contribution in [0, 0.1) is 0 Å². The third kappa shape index (κ3) is 1.44. The second kappa shape index (κ2) is 2.66. The van der Waals surface area contributed by atoms with Crippen LogP contribution < -0.4 is 5.73 Å². The number of carbonyl (C=O) groups is 1. The summed E-state index contributed by atoms with van der Waals surface area (Å²) in [5.74, 6) is 0. The zero-order chi connectivity index (χ0) is 7.56. The largest absolute Gasteiger partial charge is 0.369 e. The van der Waals surface area contributed by atoms with E-state index < -0.39 is 6.03 Å². The minimum atomic E-state index is -0.556. The molecule has 0 saturated carbocycles. The summed E-state index contributed by atoms with van der Waals surface area (Å²) >= 11 is 0. The molecule has 0 aromatic rings. The van der Waals surface area contributed by atoms with Crippen LogP contribution in [-0.4, -0.2) is 37.0 Å². The van der Waals surface area contributed by atoms with E-state index in [1.165, 1.54) is 7.05 Å². The van der Waals surface area contributed by atoms with Crippen molar-refractivity contribution in [3.8, 4) is 0 Å². The Balaban J connectivity index is 2.42. The lowest BCUT2D eigenvalue weighted by Crippen LogP contribution is -2.34. The van der Waals surface area contributed by atoms with Crippen molar-refractivity contribution in [1.82, 2.24) is 5.01 Å². The number of nitrogens with zero attached hydrogens (tertiary/aromatic N) is 2. The first-order chi connectivity index (χ1) is 4.70. The van der Waals surface area contributed by atoms with Crippen molar-refractivity contribution in [3.05, 3.63) is 0 Å². The van der Waals surface area contributed by atoms with Gasteiger partial charge in [0.25, 0.3) is 0 Å². The zero-order valence-electron chi connectivity index (χ0n) is 5.70. The average molecular weight is 143 g/mol. The van der Waals surface area contributed by atoms with Crippen LogP contribution in [-0.2, 0) is 4.74 Å². The van der Waals surface area contributed by atoms with Crippen LogP contribution in [0.2, 0.25) is 0 Å². The van der Waals surface area contributed by atoms with Crippen molar-refractivity contribution >= 4 is 11.7 Å². The van der Waals surface area contributed by atoms with E-state index in [1.807, 2.05) is 0 Å². The van der Waals surface area contributed by atoms with Gasteiger partial charge in [-0.3, -0.25) is 0 Å². The first-order valence-electron chi connectivity index (χ1n) is 2.87. The van der Waals surface area contributed by atoms with E-state index in [-0.39, 0.29) is 0 Å². The number of amides is 2. The maximum atomic E-state index is 10.4. The summed E-state index contributed by atoms with van der Waals surface area (Å²) in [5.41, 5.74) is 5.75. The first kappa shape index (κ1) is 7.01. The van der Waals surface area contributed by atoms with Crippen molar-refractivity contribution in [1.29, 1.82) is 0 Å². The highest BCUT2D eigenvalue weighted by Crippen LogP contribution is 1.96. The fourth-order valence-electron chi connectivity index (χ4n) is 0.512. The fraction of sp³-hybridized carbons (Fsp3) is 0.600. The van der Waals surface area contributed by atoms with E-state index in [9.17, 15) is 4.79 Å². The van der Waals surface area contributed by atoms with Gasteiger partial charge < -0.3 is 10.5 Å². The van der Waals surface area contributed by atoms with Crippen molar-refractivity contribution < 1.29 is 9.53 Å². The molecule has 0 spiro atoms. The van der Waals surface area contributed by atoms with E-state index in [2.05, 4.69) is 5.10 Å². The standard InChI is InChI=1S/C5H9N3O2/c1-8(5(6)9)7-4-2-10-3-4/h2-3H2,1H3,(H2,6,9). The Labute approximate surface area is 58.4 Å². The number of hydrazone groups is 1. The van der Waals surface area contributed by atoms with Gasteiger partial charge in [-0.1, -0.05) is 0 Å². The normalized spacial score (nSPS) is 15.9. The van der Waals surface area contributed by atoms with Crippen LogP contribution in [0.15, 0.2) is 5.10 Å². The summed E-state index contributed by atoms with van der Waals surface area (Å²) in [4.78, 5) is 10.4. The van der Waals surface area contributed by atoms with Crippen LogP contribution in [0.1, 0.15) is 0 Å². The molecule has 1 saturated heterocycles. The lowest BCUT2D eigenvalue weighted by molar-refractivity contribution is 0.154. The second-order valence-corrected chi connectivity index (χ2v) is 2.02. The summed E-state index contributed by atoms with van der Waals surface area (Å²) in [6.07, 6.45) is 0. The van der Waals surface area contributed by atoms with Crippen molar-refractivity contribution in [2.24, 2.45) is 10.8 Å². The molecule has 2 amide bonds. The minimum absolute atomic E-state index is 0.512. The molecular formula is C5H9N3O2. The zero-order valence-corrected chi connectivity index (χ0v) is 5.70. The molecule has 1 aliphatic rings. The quantitative estimate of drug-likeness (QED) is 0.497. The molecule has 0 bridgehead atoms. The maximum Gasteiger partial charge on any atom is 0.334 e. The molecule has 1 heterocycles. The minimum Gasteiger partial charge on any atom is -0.369 e. The summed E-state index contributed by atoms with van der Waals surface area (Å²) in [6.45, 7) is 1.02. The van der Waals surface area contributed by atoms with Crippen LogP contribution in [0.4, 0.5) is 4.79 Å². The molecule has 0 aromatic heterocycles. The maximum absolute atomic E-state index is 10.4. The van der Waals surface area contributed by atoms with Gasteiger partial charge in [-0.25, -0.2) is 9.80 Å². The van der Waals surface area contributed by atoms with Crippen molar-refractivity contribution in [2.45, 2.75) is 0 Å². The summed E-state index contributed by atoms with van der Waals surface area (Å²) < 4.78 is 4.81. The number of nitrogens with two attached hydrogens (primary N) is 1. The third-order valence-electron chi connectivity index (χ3n) is 1.15. The monoisotopic (exact) mass is 143 g/mol. The topological polar surface area (TPSA) is 67.9 Å². The molecular weight excluding hydrogens is 134 g/mol. The Hall–Kier alpha value is -1.10. The summed E-state index contributed by atoms with van der Waals surface area (Å²) in [5, 5.41) is 4.93. The number of urea groups is 1. The molecule has 0 aromatic carbocycles. The molecule has 1 rings (SSSR count). The number of primary amides is 1. The Morgan fingerprint density at radius 1 is 1.80 bits per heavy atom. The van der Waals surface area contributed by atoms with Gasteiger partial charge in [-0.15, -0.1) is 0 Å². The van der Waals surface area contributed by atoms with Gasteiger partial charge in [-0.2, -0.15) is 5.10 Å². The van der Waals surface area contributed by atoms with Gasteiger partial charge in [0.15, 0.2) is 0 Å². The molecule has 10 heavy (non-hydrogen) atoms. The van der Waals surface area contributed by atoms with Crippen molar-refractivity contribution in [2.75, 3.05) is 20.3 Å². The predicted molar refractivity (Wildman–Crippen MR) is 35.6 cm³/mol. The Morgan fingerprint density at radius 2 is 2.40 bits per heavy atom. The Morgan fingerprint density at radius 3 is 2.70 bits per heavy atom. The van der Waals surface area contributed by atoms with E-state index in [1.54, 1.807) is 0 Å². The van der Waals surface area contributed by atoms with Gasteiger partial charge in [0.2, 0.25) is 0 Å². The van der Waals surface area contributed by atoms with Crippen LogP contribution >= 0.6 is 0 Å². The number of ether oxygens (including phenoxy) is 1. The number of rotatable bonds is 1. The molecule has 0 radical (unpaired) electrons. The lowest BCUT2D eigenvalue weighted by Gasteiger charge is -2.18. The molecule has 0 unspecified atom stereocenters. The van der Waals surface area contributed by atoms with E-state index >= 15 is 0 Å². The smallest absolute Gasteiger partial charge is 0.334 e. The third-order valence-corrected chi connectivity index (χ3v) is 1.15. The molecule has 1 fully saturated rings. The summed E-state index contributed by atoms with van der Waals surface area (Å²) in [6, 6.07) is -0.556. The highest BCUT2D eigenvalue weighted by Gasteiger charge is 2.12. The van der Waals surface area contributed by atoms with E-state index in [0.29, 0.717) is 13.2 Å². The number of hydrogen-bond acceptors (Lipinski definition) is 3. The fourth-order valence-corrected chi connectivity index (χ4v) is 0.512. The molecule has 5 nitrogen and oxygen atoms in total. The Kier molecular flexibility index (Phi) is 1.86. The van der Waals surface area contributed by atoms with Crippen molar-refractivity contribution in [3.63, 3.8) is 0 Å². The molecule has 5 heteroatoms. The number of hydrogen-bond donors (Lipinski definition) is 1. The Bertz CT molecular complexity index is 172. The van der Waals surface area contributed by atoms with E-state index in [0.717, 1.165) is 10.7 Å². The first-order valence-corrected chi connectivity index (χ1v) is 2.87. The SMILES string of the molecule is CN(N=C1COC1)C(N)=O. The second-order valence-electron chi connectivity index (χ2n) is 2.02. The van der Waals surface area contributed by atoms with Crippen LogP contribution in [0.25, 0.3) is 0 Å². The molecule has 1 aliphatic heterocycles. The molecule has 0 atom stereocenters. The van der Waals surface area contributed by atoms with Gasteiger partial charge >= 0.3 is 6.03 Å². The number of carbonyl (C=O) groups excluding carboxylic acids is 1. The molecule has 56 valence electrons. The predicted octanol–water partition coefficient (Wildman–Crippen LogP) is -0.617. The highest BCUT2D eigenvalue weighted by atomic mass is 16.5. The lowest BCUT2D eigenvalue weighted by atomic mass is 10.3.